The summed E-state index contributed by atoms with van der Waals surface area (Å²) < 4.78 is 0. The number of carboxylic acids is 1. The van der Waals surface area contributed by atoms with Gasteiger partial charge in [0.05, 0.1) is 0 Å². The Morgan fingerprint density at radius 1 is 1.38 bits per heavy atom. The van der Waals surface area contributed by atoms with Crippen LogP contribution in [-0.4, -0.2) is 23.0 Å². The molecular formula is C9H13NO3. The third-order valence-electron chi connectivity index (χ3n) is 1.46. The molecule has 0 rings (SSSR count). The lowest BCUT2D eigenvalue weighted by Gasteiger charge is -2.15. The Balaban J connectivity index is 4.32. The molecule has 0 aliphatic carbocycles. The molecule has 0 bridgehead atoms. The minimum absolute atomic E-state index is 0.153. The molecule has 4 heteroatoms. The molecule has 4 nitrogen and oxygen atoms in total. The van der Waals surface area contributed by atoms with E-state index in [0.29, 0.717) is 0 Å². The van der Waals surface area contributed by atoms with Crippen molar-refractivity contribution in [2.24, 2.45) is 5.92 Å². The van der Waals surface area contributed by atoms with Gasteiger partial charge in [-0.2, -0.15) is 0 Å². The molecule has 72 valence electrons. The van der Waals surface area contributed by atoms with Crippen molar-refractivity contribution in [1.29, 1.82) is 0 Å². The number of carbonyl (C=O) groups is 2. The van der Waals surface area contributed by atoms with Crippen LogP contribution in [0.4, 0.5) is 0 Å². The topological polar surface area (TPSA) is 66.4 Å². The Morgan fingerprint density at radius 3 is 2.23 bits per heavy atom. The summed E-state index contributed by atoms with van der Waals surface area (Å²) in [4.78, 5) is 21.5. The number of nitrogens with one attached hydrogen (secondary N) is 1. The Bertz CT molecular complexity index is 260. The smallest absolute Gasteiger partial charge is 0.326 e. The normalized spacial score (nSPS) is 11.4. The monoisotopic (exact) mass is 183 g/mol. The number of rotatable bonds is 3. The maximum Gasteiger partial charge on any atom is 0.326 e. The lowest BCUT2D eigenvalue weighted by Crippen LogP contribution is -2.43. The van der Waals surface area contributed by atoms with Gasteiger partial charge in [0.1, 0.15) is 6.04 Å². The maximum absolute atomic E-state index is 10.9. The van der Waals surface area contributed by atoms with Crippen LogP contribution >= 0.6 is 0 Å². The third-order valence-corrected chi connectivity index (χ3v) is 1.46. The van der Waals surface area contributed by atoms with Crippen molar-refractivity contribution >= 4 is 11.9 Å². The van der Waals surface area contributed by atoms with Gasteiger partial charge in [0.25, 0.3) is 5.91 Å². The Hall–Kier alpha value is -1.50. The number of aliphatic carboxylic acids is 1. The molecule has 0 saturated heterocycles. The highest BCUT2D eigenvalue weighted by molar-refractivity contribution is 5.95. The highest BCUT2D eigenvalue weighted by Gasteiger charge is 2.22. The fraction of sp³-hybridized carbons (Fsp3) is 0.556. The van der Waals surface area contributed by atoms with E-state index in [2.05, 4.69) is 17.2 Å². The second kappa shape index (κ2) is 5.20. The molecule has 0 aliphatic rings. The van der Waals surface area contributed by atoms with Gasteiger partial charge < -0.3 is 10.4 Å². The molecular weight excluding hydrogens is 170 g/mol. The predicted molar refractivity (Wildman–Crippen MR) is 47.9 cm³/mol. The van der Waals surface area contributed by atoms with Crippen molar-refractivity contribution in [2.45, 2.75) is 26.8 Å². The lowest BCUT2D eigenvalue weighted by atomic mass is 10.1. The van der Waals surface area contributed by atoms with Gasteiger partial charge in [0.2, 0.25) is 0 Å². The van der Waals surface area contributed by atoms with Gasteiger partial charge in [-0.3, -0.25) is 4.79 Å². The van der Waals surface area contributed by atoms with Crippen molar-refractivity contribution in [3.8, 4) is 11.8 Å². The van der Waals surface area contributed by atoms with E-state index < -0.39 is 17.9 Å². The molecule has 0 saturated carbocycles. The van der Waals surface area contributed by atoms with E-state index in [1.807, 2.05) is 0 Å². The summed E-state index contributed by atoms with van der Waals surface area (Å²) in [7, 11) is 0. The molecule has 0 heterocycles. The number of carboxylic acid groups (broad SMARTS) is 1. The molecule has 0 aromatic rings. The van der Waals surface area contributed by atoms with Gasteiger partial charge >= 0.3 is 5.97 Å². The number of carbonyl (C=O) groups excluding carboxylic acids is 1. The average Bonchev–Trinajstić information content (AvgIpc) is 1.99. The summed E-state index contributed by atoms with van der Waals surface area (Å²) in [6, 6.07) is -0.867. The molecule has 1 atom stereocenters. The van der Waals surface area contributed by atoms with E-state index in [1.54, 1.807) is 13.8 Å². The lowest BCUT2D eigenvalue weighted by molar-refractivity contribution is -0.142. The molecule has 0 radical (unpaired) electrons. The van der Waals surface area contributed by atoms with E-state index >= 15 is 0 Å². The molecule has 0 spiro atoms. The summed E-state index contributed by atoms with van der Waals surface area (Å²) in [6.07, 6.45) is 0. The van der Waals surface area contributed by atoms with E-state index in [-0.39, 0.29) is 5.92 Å². The molecule has 1 amide bonds. The minimum Gasteiger partial charge on any atom is -0.480 e. The summed E-state index contributed by atoms with van der Waals surface area (Å²) in [6.45, 7) is 4.96. The third kappa shape index (κ3) is 4.16. The second-order valence-corrected chi connectivity index (χ2v) is 2.91. The van der Waals surface area contributed by atoms with Crippen LogP contribution in [0.1, 0.15) is 20.8 Å². The zero-order chi connectivity index (χ0) is 10.4. The van der Waals surface area contributed by atoms with Crippen LogP contribution in [0.3, 0.4) is 0 Å². The van der Waals surface area contributed by atoms with E-state index in [1.165, 1.54) is 6.92 Å². The van der Waals surface area contributed by atoms with Crippen LogP contribution in [-0.2, 0) is 9.59 Å². The van der Waals surface area contributed by atoms with Crippen molar-refractivity contribution in [1.82, 2.24) is 5.32 Å². The van der Waals surface area contributed by atoms with Crippen molar-refractivity contribution in [3.05, 3.63) is 0 Å². The van der Waals surface area contributed by atoms with Crippen LogP contribution in [0.2, 0.25) is 0 Å². The summed E-state index contributed by atoms with van der Waals surface area (Å²) in [5.74, 6) is 2.87. The van der Waals surface area contributed by atoms with Gasteiger partial charge in [-0.05, 0) is 18.8 Å². The first-order chi connectivity index (χ1) is 5.99. The average molecular weight is 183 g/mol. The highest BCUT2D eigenvalue weighted by atomic mass is 16.4. The SMILES string of the molecule is CC#CC(=O)N[C@@H](C(=O)O)C(C)C. The Kier molecular flexibility index (Phi) is 4.60. The highest BCUT2D eigenvalue weighted by Crippen LogP contribution is 2.00. The number of hydrogen-bond acceptors (Lipinski definition) is 2. The van der Waals surface area contributed by atoms with Crippen molar-refractivity contribution in [2.75, 3.05) is 0 Å². The number of amides is 1. The Morgan fingerprint density at radius 2 is 1.92 bits per heavy atom. The van der Waals surface area contributed by atoms with Gasteiger partial charge in [-0.25, -0.2) is 4.79 Å². The molecule has 0 unspecified atom stereocenters. The zero-order valence-corrected chi connectivity index (χ0v) is 7.92. The first-order valence-electron chi connectivity index (χ1n) is 3.95. The fourth-order valence-corrected chi connectivity index (χ4v) is 0.804. The van der Waals surface area contributed by atoms with Crippen LogP contribution < -0.4 is 5.32 Å². The van der Waals surface area contributed by atoms with Crippen LogP contribution in [0.25, 0.3) is 0 Å². The van der Waals surface area contributed by atoms with E-state index in [4.69, 9.17) is 5.11 Å². The predicted octanol–water partition coefficient (Wildman–Crippen LogP) is 0.235. The van der Waals surface area contributed by atoms with Crippen molar-refractivity contribution < 1.29 is 14.7 Å². The van der Waals surface area contributed by atoms with Gasteiger partial charge in [0.15, 0.2) is 0 Å². The van der Waals surface area contributed by atoms with Crippen LogP contribution in [0.5, 0.6) is 0 Å². The van der Waals surface area contributed by atoms with Crippen LogP contribution in [0, 0.1) is 17.8 Å². The Labute approximate surface area is 77.3 Å². The fourth-order valence-electron chi connectivity index (χ4n) is 0.804. The van der Waals surface area contributed by atoms with Gasteiger partial charge in [0, 0.05) is 0 Å². The second-order valence-electron chi connectivity index (χ2n) is 2.91. The van der Waals surface area contributed by atoms with Crippen molar-refractivity contribution in [3.63, 3.8) is 0 Å². The molecule has 2 N–H and O–H groups in total. The van der Waals surface area contributed by atoms with E-state index in [9.17, 15) is 9.59 Å². The first-order valence-corrected chi connectivity index (χ1v) is 3.95. The molecule has 0 fully saturated rings. The number of hydrogen-bond donors (Lipinski definition) is 2. The maximum atomic E-state index is 10.9. The minimum atomic E-state index is -1.04. The summed E-state index contributed by atoms with van der Waals surface area (Å²) in [5.41, 5.74) is 0. The zero-order valence-electron chi connectivity index (χ0n) is 7.92. The molecule has 13 heavy (non-hydrogen) atoms. The summed E-state index contributed by atoms with van der Waals surface area (Å²) >= 11 is 0. The first kappa shape index (κ1) is 11.5. The standard InChI is InChI=1S/C9H13NO3/c1-4-5-7(11)10-8(6(2)3)9(12)13/h6,8H,1-3H3,(H,10,11)(H,12,13)/t8-/m1/s1. The van der Waals surface area contributed by atoms with Gasteiger partial charge in [-0.1, -0.05) is 19.8 Å². The largest absolute Gasteiger partial charge is 0.480 e. The molecule has 0 aromatic carbocycles. The molecule has 0 aliphatic heterocycles. The quantitative estimate of drug-likeness (QED) is 0.616. The van der Waals surface area contributed by atoms with Crippen LogP contribution in [0.15, 0.2) is 0 Å². The summed E-state index contributed by atoms with van der Waals surface area (Å²) in [5, 5.41) is 11.0. The van der Waals surface area contributed by atoms with Gasteiger partial charge in [-0.15, -0.1) is 0 Å². The van der Waals surface area contributed by atoms with E-state index in [0.717, 1.165) is 0 Å². The molecule has 0 aromatic heterocycles.